The fourth-order valence-electron chi connectivity index (χ4n) is 0.821. The van der Waals surface area contributed by atoms with Gasteiger partial charge in [-0.25, -0.2) is 9.59 Å². The summed E-state index contributed by atoms with van der Waals surface area (Å²) in [6.45, 7) is 8.56. The molecular formula is C9H10O4. The summed E-state index contributed by atoms with van der Waals surface area (Å²) < 4.78 is 9.40. The monoisotopic (exact) mass is 182 g/mol. The molecule has 0 spiro atoms. The van der Waals surface area contributed by atoms with Crippen LogP contribution in [0.2, 0.25) is 0 Å². The van der Waals surface area contributed by atoms with E-state index in [1.165, 1.54) is 6.92 Å². The highest BCUT2D eigenvalue weighted by molar-refractivity contribution is 5.91. The van der Waals surface area contributed by atoms with Gasteiger partial charge in [0.15, 0.2) is 0 Å². The summed E-state index contributed by atoms with van der Waals surface area (Å²) >= 11 is 0. The molecule has 1 rings (SSSR count). The van der Waals surface area contributed by atoms with Crippen molar-refractivity contribution in [1.29, 1.82) is 0 Å². The van der Waals surface area contributed by atoms with Crippen LogP contribution in [0.3, 0.4) is 0 Å². The minimum atomic E-state index is -0.954. The van der Waals surface area contributed by atoms with Crippen LogP contribution in [0.4, 0.5) is 0 Å². The van der Waals surface area contributed by atoms with Gasteiger partial charge in [0, 0.05) is 11.1 Å². The Morgan fingerprint density at radius 2 is 2.31 bits per heavy atom. The second kappa shape index (κ2) is 3.43. The number of cyclic esters (lactones) is 1. The molecule has 0 N–H and O–H groups in total. The zero-order valence-corrected chi connectivity index (χ0v) is 7.33. The van der Waals surface area contributed by atoms with Crippen molar-refractivity contribution in [2.45, 2.75) is 13.0 Å². The molecule has 1 atom stereocenters. The zero-order valence-electron chi connectivity index (χ0n) is 7.33. The van der Waals surface area contributed by atoms with Crippen LogP contribution in [0.15, 0.2) is 24.3 Å². The van der Waals surface area contributed by atoms with E-state index in [0.717, 1.165) is 0 Å². The summed E-state index contributed by atoms with van der Waals surface area (Å²) in [6.07, 6.45) is -0.954. The van der Waals surface area contributed by atoms with E-state index >= 15 is 0 Å². The van der Waals surface area contributed by atoms with E-state index in [1.54, 1.807) is 0 Å². The Labute approximate surface area is 75.8 Å². The van der Waals surface area contributed by atoms with Crippen LogP contribution in [0.25, 0.3) is 0 Å². The van der Waals surface area contributed by atoms with E-state index in [1.807, 2.05) is 0 Å². The molecule has 0 saturated carbocycles. The first-order valence-electron chi connectivity index (χ1n) is 3.73. The standard InChI is InChI=1S/C9H10O4/c1-5(2)8(10)13-7-6(3)4-12-9(7)11/h7H,1,3-4H2,2H3. The summed E-state index contributed by atoms with van der Waals surface area (Å²) in [7, 11) is 0. The molecule has 0 aromatic carbocycles. The maximum absolute atomic E-state index is 11.0. The normalized spacial score (nSPS) is 21.2. The molecule has 0 aromatic rings. The lowest BCUT2D eigenvalue weighted by atomic mass is 10.2. The van der Waals surface area contributed by atoms with Crippen LogP contribution in [-0.2, 0) is 19.1 Å². The molecule has 1 aliphatic heterocycles. The van der Waals surface area contributed by atoms with Gasteiger partial charge >= 0.3 is 11.9 Å². The van der Waals surface area contributed by atoms with Crippen molar-refractivity contribution >= 4 is 11.9 Å². The molecule has 13 heavy (non-hydrogen) atoms. The van der Waals surface area contributed by atoms with E-state index in [4.69, 9.17) is 4.74 Å². The van der Waals surface area contributed by atoms with Gasteiger partial charge in [-0.1, -0.05) is 13.2 Å². The van der Waals surface area contributed by atoms with Crippen LogP contribution in [0, 0.1) is 0 Å². The highest BCUT2D eigenvalue weighted by Crippen LogP contribution is 2.16. The van der Waals surface area contributed by atoms with E-state index in [0.29, 0.717) is 5.57 Å². The van der Waals surface area contributed by atoms with Gasteiger partial charge in [-0.3, -0.25) is 0 Å². The second-order valence-electron chi connectivity index (χ2n) is 2.83. The first-order chi connectivity index (χ1) is 6.02. The van der Waals surface area contributed by atoms with Gasteiger partial charge in [-0.15, -0.1) is 0 Å². The summed E-state index contributed by atoms with van der Waals surface area (Å²) in [5.41, 5.74) is 0.701. The Morgan fingerprint density at radius 1 is 1.69 bits per heavy atom. The Hall–Kier alpha value is -1.58. The first kappa shape index (κ1) is 9.51. The summed E-state index contributed by atoms with van der Waals surface area (Å²) in [6, 6.07) is 0. The summed E-state index contributed by atoms with van der Waals surface area (Å²) in [4.78, 5) is 22.0. The molecule has 0 aromatic heterocycles. The lowest BCUT2D eigenvalue weighted by molar-refractivity contribution is -0.156. The topological polar surface area (TPSA) is 52.6 Å². The number of ether oxygens (including phenoxy) is 2. The molecule has 0 amide bonds. The van der Waals surface area contributed by atoms with Gasteiger partial charge in [0.1, 0.15) is 6.61 Å². The Bertz CT molecular complexity index is 274. The average molecular weight is 182 g/mol. The summed E-state index contributed by atoms with van der Waals surface area (Å²) in [5.74, 6) is -1.18. The smallest absolute Gasteiger partial charge is 0.352 e. The van der Waals surface area contributed by atoms with Crippen LogP contribution < -0.4 is 0 Å². The maximum atomic E-state index is 11.0. The van der Waals surface area contributed by atoms with E-state index < -0.39 is 18.0 Å². The molecule has 70 valence electrons. The van der Waals surface area contributed by atoms with Crippen molar-refractivity contribution < 1.29 is 19.1 Å². The van der Waals surface area contributed by atoms with Crippen molar-refractivity contribution in [3.8, 4) is 0 Å². The van der Waals surface area contributed by atoms with Gasteiger partial charge in [0.05, 0.1) is 0 Å². The van der Waals surface area contributed by atoms with Gasteiger partial charge in [0.25, 0.3) is 0 Å². The third kappa shape index (κ3) is 1.96. The highest BCUT2D eigenvalue weighted by atomic mass is 16.6. The number of esters is 2. The minimum absolute atomic E-state index is 0.118. The van der Waals surface area contributed by atoms with Crippen molar-refractivity contribution in [2.24, 2.45) is 0 Å². The first-order valence-corrected chi connectivity index (χ1v) is 3.73. The van der Waals surface area contributed by atoms with Crippen LogP contribution in [0.5, 0.6) is 0 Å². The van der Waals surface area contributed by atoms with E-state index in [2.05, 4.69) is 17.9 Å². The quantitative estimate of drug-likeness (QED) is 0.356. The summed E-state index contributed by atoms with van der Waals surface area (Å²) in [5, 5.41) is 0. The fraction of sp³-hybridized carbons (Fsp3) is 0.333. The fourth-order valence-corrected chi connectivity index (χ4v) is 0.821. The van der Waals surface area contributed by atoms with E-state index in [9.17, 15) is 9.59 Å². The molecular weight excluding hydrogens is 172 g/mol. The molecule has 1 aliphatic rings. The predicted molar refractivity (Wildman–Crippen MR) is 44.8 cm³/mol. The molecule has 4 heteroatoms. The molecule has 0 aliphatic carbocycles. The number of rotatable bonds is 2. The molecule has 4 nitrogen and oxygen atoms in total. The SMILES string of the molecule is C=C(C)C(=O)OC1C(=C)COC1=O. The average Bonchev–Trinajstić information content (AvgIpc) is 2.35. The van der Waals surface area contributed by atoms with Crippen molar-refractivity contribution in [3.05, 3.63) is 24.3 Å². The third-order valence-corrected chi connectivity index (χ3v) is 1.56. The second-order valence-corrected chi connectivity index (χ2v) is 2.83. The third-order valence-electron chi connectivity index (χ3n) is 1.56. The maximum Gasteiger partial charge on any atom is 0.352 e. The Balaban J connectivity index is 2.63. The van der Waals surface area contributed by atoms with Crippen molar-refractivity contribution in [3.63, 3.8) is 0 Å². The van der Waals surface area contributed by atoms with Crippen LogP contribution in [-0.4, -0.2) is 24.6 Å². The number of hydrogen-bond acceptors (Lipinski definition) is 4. The molecule has 1 saturated heterocycles. The van der Waals surface area contributed by atoms with Gasteiger partial charge < -0.3 is 9.47 Å². The molecule has 1 fully saturated rings. The molecule has 0 radical (unpaired) electrons. The van der Waals surface area contributed by atoms with E-state index in [-0.39, 0.29) is 12.2 Å². The van der Waals surface area contributed by atoms with Gasteiger partial charge in [-0.05, 0) is 6.92 Å². The Morgan fingerprint density at radius 3 is 2.69 bits per heavy atom. The molecule has 1 heterocycles. The van der Waals surface area contributed by atoms with Gasteiger partial charge in [-0.2, -0.15) is 0 Å². The van der Waals surface area contributed by atoms with Crippen molar-refractivity contribution in [2.75, 3.05) is 6.61 Å². The van der Waals surface area contributed by atoms with Crippen molar-refractivity contribution in [1.82, 2.24) is 0 Å². The number of hydrogen-bond donors (Lipinski definition) is 0. The minimum Gasteiger partial charge on any atom is -0.458 e. The lowest BCUT2D eigenvalue weighted by Crippen LogP contribution is -2.24. The lowest BCUT2D eigenvalue weighted by Gasteiger charge is -2.08. The highest BCUT2D eigenvalue weighted by Gasteiger charge is 2.33. The number of carbonyl (C=O) groups excluding carboxylic acids is 2. The molecule has 1 unspecified atom stereocenters. The van der Waals surface area contributed by atoms with Gasteiger partial charge in [0.2, 0.25) is 6.10 Å². The predicted octanol–water partition coefficient (Wildman–Crippen LogP) is 0.587. The zero-order chi connectivity index (χ0) is 10.0. The Kier molecular flexibility index (Phi) is 2.51. The molecule has 0 bridgehead atoms. The van der Waals surface area contributed by atoms with Crippen LogP contribution in [0.1, 0.15) is 6.92 Å². The number of carbonyl (C=O) groups is 2. The van der Waals surface area contributed by atoms with Crippen LogP contribution >= 0.6 is 0 Å². The largest absolute Gasteiger partial charge is 0.458 e.